The first-order chi connectivity index (χ1) is 6.27. The second-order valence-electron chi connectivity index (χ2n) is 3.22. The van der Waals surface area contributed by atoms with E-state index in [4.69, 9.17) is 4.74 Å². The van der Waals surface area contributed by atoms with Gasteiger partial charge in [-0.05, 0) is 0 Å². The number of ether oxygens (including phenoxy) is 1. The number of aliphatic hydroxyl groups is 1. The molecule has 1 aromatic heterocycles. The first kappa shape index (κ1) is 8.52. The summed E-state index contributed by atoms with van der Waals surface area (Å²) < 4.78 is 6.97. The van der Waals surface area contributed by atoms with E-state index in [0.29, 0.717) is 13.2 Å². The van der Waals surface area contributed by atoms with Crippen molar-refractivity contribution in [1.29, 1.82) is 0 Å². The lowest BCUT2D eigenvalue weighted by Crippen LogP contribution is -2.32. The Balaban J connectivity index is 2.01. The molecule has 0 unspecified atom stereocenters. The third-order valence-electron chi connectivity index (χ3n) is 2.19. The van der Waals surface area contributed by atoms with Gasteiger partial charge >= 0.3 is 0 Å². The molecule has 0 amide bonds. The molecule has 0 aliphatic carbocycles. The van der Waals surface area contributed by atoms with Crippen molar-refractivity contribution in [3.63, 3.8) is 0 Å². The Bertz CT molecular complexity index is 287. The number of imidazole rings is 1. The highest BCUT2D eigenvalue weighted by atomic mass is 16.5. The maximum absolute atomic E-state index is 9.45. The van der Waals surface area contributed by atoms with Crippen molar-refractivity contribution in [2.24, 2.45) is 7.05 Å². The molecule has 5 nitrogen and oxygen atoms in total. The van der Waals surface area contributed by atoms with E-state index in [9.17, 15) is 5.11 Å². The quantitative estimate of drug-likeness (QED) is 0.654. The zero-order valence-corrected chi connectivity index (χ0v) is 7.47. The molecule has 2 heterocycles. The third kappa shape index (κ3) is 1.66. The molecule has 2 atom stereocenters. The monoisotopic (exact) mass is 183 g/mol. The number of nitrogens with zero attached hydrogens (tertiary/aromatic N) is 2. The maximum atomic E-state index is 9.45. The molecule has 0 bridgehead atoms. The normalized spacial score (nSPS) is 27.8. The van der Waals surface area contributed by atoms with Crippen LogP contribution in [0.5, 0.6) is 0 Å². The van der Waals surface area contributed by atoms with E-state index in [1.807, 2.05) is 17.8 Å². The van der Waals surface area contributed by atoms with Crippen LogP contribution in [0.15, 0.2) is 12.4 Å². The van der Waals surface area contributed by atoms with Gasteiger partial charge in [-0.15, -0.1) is 0 Å². The van der Waals surface area contributed by atoms with Crippen LogP contribution < -0.4 is 5.32 Å². The van der Waals surface area contributed by atoms with Crippen molar-refractivity contribution in [3.8, 4) is 0 Å². The molecule has 0 spiro atoms. The zero-order chi connectivity index (χ0) is 9.26. The SMILES string of the molecule is Cn1ccnc1N[C@@H]1COC[C@H]1O. The van der Waals surface area contributed by atoms with Crippen molar-refractivity contribution in [2.45, 2.75) is 12.1 Å². The molecule has 0 aromatic carbocycles. The Kier molecular flexibility index (Phi) is 2.20. The van der Waals surface area contributed by atoms with Crippen LogP contribution in [0.25, 0.3) is 0 Å². The maximum Gasteiger partial charge on any atom is 0.202 e. The summed E-state index contributed by atoms with van der Waals surface area (Å²) in [5, 5.41) is 12.6. The average molecular weight is 183 g/mol. The molecule has 1 aromatic rings. The number of aryl methyl sites for hydroxylation is 1. The number of aliphatic hydroxyl groups excluding tert-OH is 1. The summed E-state index contributed by atoms with van der Waals surface area (Å²) in [7, 11) is 1.90. The summed E-state index contributed by atoms with van der Waals surface area (Å²) in [5.41, 5.74) is 0. The van der Waals surface area contributed by atoms with Gasteiger partial charge in [-0.2, -0.15) is 0 Å². The van der Waals surface area contributed by atoms with Gasteiger partial charge in [0.15, 0.2) is 0 Å². The Morgan fingerprint density at radius 1 is 1.69 bits per heavy atom. The number of hydrogen-bond donors (Lipinski definition) is 2. The van der Waals surface area contributed by atoms with Crippen LogP contribution in [0.1, 0.15) is 0 Å². The first-order valence-electron chi connectivity index (χ1n) is 4.27. The molecule has 2 N–H and O–H groups in total. The highest BCUT2D eigenvalue weighted by molar-refractivity contribution is 5.28. The Labute approximate surface area is 76.3 Å². The van der Waals surface area contributed by atoms with E-state index >= 15 is 0 Å². The van der Waals surface area contributed by atoms with Crippen LogP contribution in [0.2, 0.25) is 0 Å². The number of hydrogen-bond acceptors (Lipinski definition) is 4. The summed E-state index contributed by atoms with van der Waals surface area (Å²) in [4.78, 5) is 4.10. The van der Waals surface area contributed by atoms with Gasteiger partial charge in [-0.25, -0.2) is 4.98 Å². The smallest absolute Gasteiger partial charge is 0.202 e. The fourth-order valence-electron chi connectivity index (χ4n) is 1.35. The minimum atomic E-state index is -0.434. The van der Waals surface area contributed by atoms with Crippen molar-refractivity contribution in [1.82, 2.24) is 9.55 Å². The van der Waals surface area contributed by atoms with Crippen LogP contribution >= 0.6 is 0 Å². The van der Waals surface area contributed by atoms with Crippen LogP contribution in [-0.2, 0) is 11.8 Å². The van der Waals surface area contributed by atoms with Gasteiger partial charge in [0.25, 0.3) is 0 Å². The molecule has 1 aliphatic heterocycles. The molecular formula is C8H13N3O2. The van der Waals surface area contributed by atoms with Gasteiger partial charge < -0.3 is 19.7 Å². The second kappa shape index (κ2) is 3.35. The number of anilines is 1. The van der Waals surface area contributed by atoms with E-state index < -0.39 is 6.10 Å². The van der Waals surface area contributed by atoms with E-state index in [1.54, 1.807) is 6.20 Å². The Morgan fingerprint density at radius 3 is 3.08 bits per heavy atom. The molecule has 0 saturated carbocycles. The van der Waals surface area contributed by atoms with Crippen molar-refractivity contribution in [2.75, 3.05) is 18.5 Å². The number of nitrogens with one attached hydrogen (secondary N) is 1. The molecule has 5 heteroatoms. The molecule has 1 aliphatic rings. The van der Waals surface area contributed by atoms with Crippen molar-refractivity contribution < 1.29 is 9.84 Å². The lowest BCUT2D eigenvalue weighted by molar-refractivity contribution is 0.125. The van der Waals surface area contributed by atoms with Crippen LogP contribution in [0, 0.1) is 0 Å². The second-order valence-corrected chi connectivity index (χ2v) is 3.22. The standard InChI is InChI=1S/C8H13N3O2/c1-11-3-2-9-8(11)10-6-4-13-5-7(6)12/h2-3,6-7,12H,4-5H2,1H3,(H,9,10)/t6-,7-/m1/s1. The van der Waals surface area contributed by atoms with E-state index in [1.165, 1.54) is 0 Å². The fraction of sp³-hybridized carbons (Fsp3) is 0.625. The van der Waals surface area contributed by atoms with Gasteiger partial charge in [-0.1, -0.05) is 0 Å². The predicted molar refractivity (Wildman–Crippen MR) is 47.4 cm³/mol. The molecule has 1 saturated heterocycles. The Hall–Kier alpha value is -1.07. The van der Waals surface area contributed by atoms with Gasteiger partial charge in [0.2, 0.25) is 5.95 Å². The lowest BCUT2D eigenvalue weighted by atomic mass is 10.2. The van der Waals surface area contributed by atoms with E-state index in [0.717, 1.165) is 5.95 Å². The van der Waals surface area contributed by atoms with Crippen molar-refractivity contribution in [3.05, 3.63) is 12.4 Å². The van der Waals surface area contributed by atoms with E-state index in [2.05, 4.69) is 10.3 Å². The first-order valence-corrected chi connectivity index (χ1v) is 4.27. The molecular weight excluding hydrogens is 170 g/mol. The predicted octanol–water partition coefficient (Wildman–Crippen LogP) is -0.408. The van der Waals surface area contributed by atoms with Gasteiger partial charge in [0, 0.05) is 19.4 Å². The zero-order valence-electron chi connectivity index (χ0n) is 7.47. The minimum absolute atomic E-state index is 0.0406. The third-order valence-corrected chi connectivity index (χ3v) is 2.19. The summed E-state index contributed by atoms with van der Waals surface area (Å²) >= 11 is 0. The Morgan fingerprint density at radius 2 is 2.54 bits per heavy atom. The highest BCUT2D eigenvalue weighted by Crippen LogP contribution is 2.11. The summed E-state index contributed by atoms with van der Waals surface area (Å²) in [5.74, 6) is 0.759. The van der Waals surface area contributed by atoms with Crippen molar-refractivity contribution >= 4 is 5.95 Å². The summed E-state index contributed by atoms with van der Waals surface area (Å²) in [6.07, 6.45) is 3.13. The number of rotatable bonds is 2. The van der Waals surface area contributed by atoms with Gasteiger partial charge in [0.1, 0.15) is 0 Å². The van der Waals surface area contributed by atoms with E-state index in [-0.39, 0.29) is 6.04 Å². The minimum Gasteiger partial charge on any atom is -0.388 e. The highest BCUT2D eigenvalue weighted by Gasteiger charge is 2.26. The van der Waals surface area contributed by atoms with Crippen LogP contribution in [-0.4, -0.2) is 40.0 Å². The molecule has 1 fully saturated rings. The van der Waals surface area contributed by atoms with Gasteiger partial charge in [-0.3, -0.25) is 0 Å². The lowest BCUT2D eigenvalue weighted by Gasteiger charge is -2.14. The molecule has 13 heavy (non-hydrogen) atoms. The van der Waals surface area contributed by atoms with Crippen LogP contribution in [0.4, 0.5) is 5.95 Å². The number of aromatic nitrogens is 2. The topological polar surface area (TPSA) is 59.3 Å². The molecule has 72 valence electrons. The summed E-state index contributed by atoms with van der Waals surface area (Å²) in [6, 6.07) is -0.0406. The molecule has 0 radical (unpaired) electrons. The fourth-order valence-corrected chi connectivity index (χ4v) is 1.35. The molecule has 2 rings (SSSR count). The summed E-state index contributed by atoms with van der Waals surface area (Å²) in [6.45, 7) is 0.941. The van der Waals surface area contributed by atoms with Crippen LogP contribution in [0.3, 0.4) is 0 Å². The average Bonchev–Trinajstić information content (AvgIpc) is 2.65. The van der Waals surface area contributed by atoms with Gasteiger partial charge in [0.05, 0.1) is 25.4 Å². The largest absolute Gasteiger partial charge is 0.388 e.